The topological polar surface area (TPSA) is 68.0 Å². The number of hydrogen-bond donors (Lipinski definition) is 1. The molecule has 1 N–H and O–H groups in total. The number of amides is 1. The molecule has 1 aromatic heterocycles. The Morgan fingerprint density at radius 1 is 1.42 bits per heavy atom. The first-order chi connectivity index (χ1) is 9.15. The number of nitrogens with zero attached hydrogens (tertiary/aromatic N) is 2. The predicted octanol–water partition coefficient (Wildman–Crippen LogP) is 2.57. The summed E-state index contributed by atoms with van der Waals surface area (Å²) in [6.07, 6.45) is 6.72. The number of nitrogens with one attached hydrogen (secondary N) is 1. The van der Waals surface area contributed by atoms with E-state index in [4.69, 9.17) is 4.52 Å². The highest BCUT2D eigenvalue weighted by molar-refractivity contribution is 5.76. The first-order valence-corrected chi connectivity index (χ1v) is 7.27. The van der Waals surface area contributed by atoms with E-state index in [9.17, 15) is 4.79 Å². The van der Waals surface area contributed by atoms with Crippen LogP contribution in [0.25, 0.3) is 0 Å². The molecular weight excluding hydrogens is 242 g/mol. The second-order valence-corrected chi connectivity index (χ2v) is 5.60. The average molecular weight is 265 g/mol. The van der Waals surface area contributed by atoms with Crippen LogP contribution < -0.4 is 5.32 Å². The van der Waals surface area contributed by atoms with Crippen LogP contribution in [0.5, 0.6) is 0 Å². The van der Waals surface area contributed by atoms with Gasteiger partial charge in [-0.25, -0.2) is 0 Å². The molecule has 1 fully saturated rings. The molecule has 0 bridgehead atoms. The van der Waals surface area contributed by atoms with Crippen molar-refractivity contribution in [3.63, 3.8) is 0 Å². The lowest BCUT2D eigenvalue weighted by Gasteiger charge is -2.11. The zero-order valence-electron chi connectivity index (χ0n) is 11.8. The Hall–Kier alpha value is -1.39. The van der Waals surface area contributed by atoms with Crippen molar-refractivity contribution in [2.24, 2.45) is 0 Å². The average Bonchev–Trinajstić information content (AvgIpc) is 3.00. The summed E-state index contributed by atoms with van der Waals surface area (Å²) in [6.45, 7) is 4.06. The summed E-state index contributed by atoms with van der Waals surface area (Å²) in [5.74, 6) is 1.81. The third-order valence-electron chi connectivity index (χ3n) is 3.51. The van der Waals surface area contributed by atoms with E-state index in [-0.39, 0.29) is 11.8 Å². The highest BCUT2D eigenvalue weighted by Gasteiger charge is 2.17. The van der Waals surface area contributed by atoms with Crippen molar-refractivity contribution in [3.8, 4) is 0 Å². The van der Waals surface area contributed by atoms with Crippen molar-refractivity contribution in [2.45, 2.75) is 70.8 Å². The third-order valence-corrected chi connectivity index (χ3v) is 3.51. The number of aryl methyl sites for hydroxylation is 1. The molecule has 0 atom stereocenters. The van der Waals surface area contributed by atoms with Gasteiger partial charge in [0.15, 0.2) is 5.82 Å². The van der Waals surface area contributed by atoms with Gasteiger partial charge in [0.2, 0.25) is 11.8 Å². The maximum Gasteiger partial charge on any atom is 0.226 e. The minimum Gasteiger partial charge on any atom is -0.353 e. The van der Waals surface area contributed by atoms with Crippen LogP contribution >= 0.6 is 0 Å². The van der Waals surface area contributed by atoms with Gasteiger partial charge >= 0.3 is 0 Å². The number of carbonyl (C=O) groups is 1. The van der Waals surface area contributed by atoms with Gasteiger partial charge in [-0.15, -0.1) is 0 Å². The normalized spacial score (nSPS) is 16.2. The van der Waals surface area contributed by atoms with E-state index in [1.807, 2.05) is 13.8 Å². The lowest BCUT2D eigenvalue weighted by atomic mass is 10.2. The summed E-state index contributed by atoms with van der Waals surface area (Å²) in [7, 11) is 0. The van der Waals surface area contributed by atoms with Crippen LogP contribution in [0.3, 0.4) is 0 Å². The Balaban J connectivity index is 1.66. The van der Waals surface area contributed by atoms with E-state index in [1.165, 1.54) is 12.8 Å². The van der Waals surface area contributed by atoms with Crippen LogP contribution in [-0.4, -0.2) is 22.1 Å². The Morgan fingerprint density at radius 3 is 2.79 bits per heavy atom. The molecule has 0 aromatic carbocycles. The van der Waals surface area contributed by atoms with Gasteiger partial charge in [-0.1, -0.05) is 31.8 Å². The van der Waals surface area contributed by atoms with E-state index < -0.39 is 0 Å². The highest BCUT2D eigenvalue weighted by atomic mass is 16.5. The molecule has 1 aliphatic carbocycles. The van der Waals surface area contributed by atoms with Gasteiger partial charge in [0.25, 0.3) is 0 Å². The van der Waals surface area contributed by atoms with Gasteiger partial charge in [-0.2, -0.15) is 4.98 Å². The molecule has 1 saturated carbocycles. The van der Waals surface area contributed by atoms with Crippen LogP contribution in [0.4, 0.5) is 0 Å². The molecule has 106 valence electrons. The van der Waals surface area contributed by atoms with Crippen LogP contribution in [0.2, 0.25) is 0 Å². The molecule has 19 heavy (non-hydrogen) atoms. The lowest BCUT2D eigenvalue weighted by molar-refractivity contribution is -0.121. The Kier molecular flexibility index (Phi) is 4.93. The van der Waals surface area contributed by atoms with Crippen molar-refractivity contribution in [1.82, 2.24) is 15.5 Å². The first kappa shape index (κ1) is 14.0. The molecule has 1 aliphatic rings. The zero-order chi connectivity index (χ0) is 13.7. The lowest BCUT2D eigenvalue weighted by Crippen LogP contribution is -2.32. The quantitative estimate of drug-likeness (QED) is 0.858. The van der Waals surface area contributed by atoms with E-state index in [2.05, 4.69) is 15.5 Å². The fourth-order valence-corrected chi connectivity index (χ4v) is 2.37. The minimum absolute atomic E-state index is 0.149. The zero-order valence-corrected chi connectivity index (χ0v) is 11.8. The van der Waals surface area contributed by atoms with Crippen molar-refractivity contribution in [2.75, 3.05) is 0 Å². The fourth-order valence-electron chi connectivity index (χ4n) is 2.37. The van der Waals surface area contributed by atoms with Gasteiger partial charge in [0, 0.05) is 24.8 Å². The van der Waals surface area contributed by atoms with Gasteiger partial charge in [-0.3, -0.25) is 4.79 Å². The fraction of sp³-hybridized carbons (Fsp3) is 0.786. The predicted molar refractivity (Wildman–Crippen MR) is 71.7 cm³/mol. The summed E-state index contributed by atoms with van der Waals surface area (Å²) in [5, 5.41) is 6.99. The molecule has 0 unspecified atom stereocenters. The molecule has 5 nitrogen and oxygen atoms in total. The molecule has 0 radical (unpaired) electrons. The van der Waals surface area contributed by atoms with Gasteiger partial charge in [0.05, 0.1) is 0 Å². The Bertz CT molecular complexity index is 409. The summed E-state index contributed by atoms with van der Waals surface area (Å²) in [4.78, 5) is 16.0. The van der Waals surface area contributed by atoms with Crippen molar-refractivity contribution >= 4 is 5.91 Å². The molecular formula is C14H23N3O2. The molecule has 1 amide bonds. The third kappa shape index (κ3) is 4.33. The van der Waals surface area contributed by atoms with E-state index in [0.29, 0.717) is 24.8 Å². The number of aromatic nitrogens is 2. The van der Waals surface area contributed by atoms with E-state index in [0.717, 1.165) is 25.1 Å². The minimum atomic E-state index is 0.149. The van der Waals surface area contributed by atoms with Crippen LogP contribution in [-0.2, 0) is 11.2 Å². The van der Waals surface area contributed by atoms with Gasteiger partial charge in [0.1, 0.15) is 0 Å². The molecule has 1 heterocycles. The maximum atomic E-state index is 11.7. The standard InChI is InChI=1S/C14H23N3O2/c1-10(2)14-16-13(19-17-14)9-5-8-12(18)15-11-6-3-4-7-11/h10-11H,3-9H2,1-2H3,(H,15,18). The first-order valence-electron chi connectivity index (χ1n) is 7.27. The molecule has 2 rings (SSSR count). The highest BCUT2D eigenvalue weighted by Crippen LogP contribution is 2.18. The molecule has 5 heteroatoms. The van der Waals surface area contributed by atoms with Crippen molar-refractivity contribution in [3.05, 3.63) is 11.7 Å². The summed E-state index contributed by atoms with van der Waals surface area (Å²) < 4.78 is 5.15. The maximum absolute atomic E-state index is 11.7. The molecule has 0 aliphatic heterocycles. The molecule has 0 spiro atoms. The smallest absolute Gasteiger partial charge is 0.226 e. The number of carbonyl (C=O) groups excluding carboxylic acids is 1. The number of hydrogen-bond acceptors (Lipinski definition) is 4. The molecule has 1 aromatic rings. The van der Waals surface area contributed by atoms with Crippen LogP contribution in [0.15, 0.2) is 4.52 Å². The van der Waals surface area contributed by atoms with Gasteiger partial charge in [-0.05, 0) is 19.3 Å². The van der Waals surface area contributed by atoms with Gasteiger partial charge < -0.3 is 9.84 Å². The summed E-state index contributed by atoms with van der Waals surface area (Å²) in [6, 6.07) is 0.406. The van der Waals surface area contributed by atoms with Crippen LogP contribution in [0.1, 0.15) is 70.0 Å². The molecule has 0 saturated heterocycles. The number of rotatable bonds is 6. The van der Waals surface area contributed by atoms with E-state index in [1.54, 1.807) is 0 Å². The SMILES string of the molecule is CC(C)c1noc(CCCC(=O)NC2CCCC2)n1. The van der Waals surface area contributed by atoms with Crippen LogP contribution in [0, 0.1) is 0 Å². The summed E-state index contributed by atoms with van der Waals surface area (Å²) >= 11 is 0. The Labute approximate surface area is 114 Å². The monoisotopic (exact) mass is 265 g/mol. The second kappa shape index (κ2) is 6.68. The van der Waals surface area contributed by atoms with E-state index >= 15 is 0 Å². The summed E-state index contributed by atoms with van der Waals surface area (Å²) in [5.41, 5.74) is 0. The Morgan fingerprint density at radius 2 is 2.16 bits per heavy atom. The largest absolute Gasteiger partial charge is 0.353 e. The second-order valence-electron chi connectivity index (χ2n) is 5.60. The van der Waals surface area contributed by atoms with Crippen molar-refractivity contribution in [1.29, 1.82) is 0 Å². The van der Waals surface area contributed by atoms with Crippen molar-refractivity contribution < 1.29 is 9.32 Å².